The van der Waals surface area contributed by atoms with E-state index in [-0.39, 0.29) is 6.10 Å². The Bertz CT molecular complexity index is 412. The highest BCUT2D eigenvalue weighted by atomic mass is 32.1. The van der Waals surface area contributed by atoms with E-state index in [1.54, 1.807) is 0 Å². The molecule has 0 radical (unpaired) electrons. The minimum absolute atomic E-state index is 0.261. The predicted molar refractivity (Wildman–Crippen MR) is 70.8 cm³/mol. The van der Waals surface area contributed by atoms with Gasteiger partial charge < -0.3 is 14.3 Å². The Morgan fingerprint density at radius 2 is 2.35 bits per heavy atom. The van der Waals surface area contributed by atoms with Crippen molar-refractivity contribution in [2.45, 2.75) is 32.9 Å². The van der Waals surface area contributed by atoms with Crippen LogP contribution in [-0.4, -0.2) is 46.8 Å². The smallest absolute Gasteiger partial charge is 0.177 e. The maximum Gasteiger partial charge on any atom is 0.177 e. The molecule has 5 heteroatoms. The van der Waals surface area contributed by atoms with Crippen molar-refractivity contribution in [1.29, 1.82) is 0 Å². The van der Waals surface area contributed by atoms with Crippen LogP contribution in [-0.2, 0) is 17.7 Å². The molecule has 1 atom stereocenters. The van der Waals surface area contributed by atoms with Crippen LogP contribution in [0.2, 0.25) is 0 Å². The van der Waals surface area contributed by atoms with Gasteiger partial charge in [0.15, 0.2) is 4.77 Å². The molecule has 1 aromatic rings. The Kier molecular flexibility index (Phi) is 4.36. The summed E-state index contributed by atoms with van der Waals surface area (Å²) in [5.41, 5.74) is 1.26. The van der Waals surface area contributed by atoms with Crippen molar-refractivity contribution in [2.24, 2.45) is 0 Å². The molecule has 0 bridgehead atoms. The molecule has 0 aliphatic carbocycles. The van der Waals surface area contributed by atoms with Crippen LogP contribution < -0.4 is 0 Å². The molecule has 2 rings (SSSR count). The first-order valence-electron chi connectivity index (χ1n) is 6.35. The predicted octanol–water partition coefficient (Wildman–Crippen LogP) is 1.83. The SMILES string of the molecule is CCc1c[nH]c(=S)n1CC1CN(CC)CCO1. The van der Waals surface area contributed by atoms with Crippen LogP contribution in [0.3, 0.4) is 0 Å². The van der Waals surface area contributed by atoms with E-state index in [2.05, 4.69) is 28.3 Å². The Morgan fingerprint density at radius 3 is 3.06 bits per heavy atom. The van der Waals surface area contributed by atoms with Gasteiger partial charge in [-0.15, -0.1) is 0 Å². The lowest BCUT2D eigenvalue weighted by Gasteiger charge is -2.32. The highest BCUT2D eigenvalue weighted by Gasteiger charge is 2.20. The van der Waals surface area contributed by atoms with Gasteiger partial charge in [0.25, 0.3) is 0 Å². The third-order valence-corrected chi connectivity index (χ3v) is 3.71. The van der Waals surface area contributed by atoms with Crippen LogP contribution in [0.4, 0.5) is 0 Å². The summed E-state index contributed by atoms with van der Waals surface area (Å²) in [5, 5.41) is 0. The van der Waals surface area contributed by atoms with Crippen molar-refractivity contribution in [3.05, 3.63) is 16.7 Å². The van der Waals surface area contributed by atoms with E-state index >= 15 is 0 Å². The quantitative estimate of drug-likeness (QED) is 0.833. The first-order valence-corrected chi connectivity index (χ1v) is 6.76. The summed E-state index contributed by atoms with van der Waals surface area (Å²) in [5.74, 6) is 0. The fourth-order valence-electron chi connectivity index (χ4n) is 2.31. The van der Waals surface area contributed by atoms with Gasteiger partial charge in [0.1, 0.15) is 0 Å². The molecule has 17 heavy (non-hydrogen) atoms. The highest BCUT2D eigenvalue weighted by Crippen LogP contribution is 2.10. The zero-order chi connectivity index (χ0) is 12.3. The average Bonchev–Trinajstić information content (AvgIpc) is 2.71. The van der Waals surface area contributed by atoms with Gasteiger partial charge >= 0.3 is 0 Å². The number of nitrogens with zero attached hydrogens (tertiary/aromatic N) is 2. The van der Waals surface area contributed by atoms with Crippen LogP contribution in [0.5, 0.6) is 0 Å². The molecule has 4 nitrogen and oxygen atoms in total. The average molecular weight is 255 g/mol. The molecule has 1 fully saturated rings. The number of aryl methyl sites for hydroxylation is 1. The lowest BCUT2D eigenvalue weighted by atomic mass is 10.2. The summed E-state index contributed by atoms with van der Waals surface area (Å²) in [7, 11) is 0. The molecule has 1 unspecified atom stereocenters. The Balaban J connectivity index is 2.04. The number of hydrogen-bond donors (Lipinski definition) is 1. The van der Waals surface area contributed by atoms with Crippen molar-refractivity contribution in [2.75, 3.05) is 26.2 Å². The fourth-order valence-corrected chi connectivity index (χ4v) is 2.56. The van der Waals surface area contributed by atoms with Crippen LogP contribution in [0.25, 0.3) is 0 Å². The summed E-state index contributed by atoms with van der Waals surface area (Å²) in [4.78, 5) is 5.54. The second-order valence-corrected chi connectivity index (χ2v) is 4.82. The number of ether oxygens (including phenoxy) is 1. The van der Waals surface area contributed by atoms with E-state index in [0.717, 1.165) is 44.0 Å². The molecular weight excluding hydrogens is 234 g/mol. The molecule has 1 N–H and O–H groups in total. The largest absolute Gasteiger partial charge is 0.374 e. The maximum atomic E-state index is 5.82. The van der Waals surface area contributed by atoms with Gasteiger partial charge in [-0.2, -0.15) is 0 Å². The van der Waals surface area contributed by atoms with Crippen molar-refractivity contribution in [3.8, 4) is 0 Å². The minimum Gasteiger partial charge on any atom is -0.374 e. The minimum atomic E-state index is 0.261. The molecule has 1 aliphatic rings. The van der Waals surface area contributed by atoms with Crippen molar-refractivity contribution in [1.82, 2.24) is 14.5 Å². The first kappa shape index (κ1) is 12.8. The van der Waals surface area contributed by atoms with E-state index in [1.807, 2.05) is 6.20 Å². The van der Waals surface area contributed by atoms with Crippen LogP contribution >= 0.6 is 12.2 Å². The standard InChI is InChI=1S/C12H21N3OS/c1-3-10-7-13-12(17)15(10)9-11-8-14(4-2)5-6-16-11/h7,11H,3-6,8-9H2,1-2H3,(H,13,17). The second kappa shape index (κ2) is 5.80. The van der Waals surface area contributed by atoms with E-state index in [9.17, 15) is 0 Å². The van der Waals surface area contributed by atoms with E-state index in [0.29, 0.717) is 0 Å². The van der Waals surface area contributed by atoms with Crippen LogP contribution in [0.15, 0.2) is 6.20 Å². The summed E-state index contributed by atoms with van der Waals surface area (Å²) in [6.45, 7) is 9.19. The summed E-state index contributed by atoms with van der Waals surface area (Å²) < 4.78 is 8.79. The number of hydrogen-bond acceptors (Lipinski definition) is 3. The monoisotopic (exact) mass is 255 g/mol. The van der Waals surface area contributed by atoms with Crippen molar-refractivity contribution >= 4 is 12.2 Å². The van der Waals surface area contributed by atoms with E-state index < -0.39 is 0 Å². The highest BCUT2D eigenvalue weighted by molar-refractivity contribution is 7.71. The molecule has 1 aromatic heterocycles. The Morgan fingerprint density at radius 1 is 1.53 bits per heavy atom. The van der Waals surface area contributed by atoms with E-state index in [4.69, 9.17) is 17.0 Å². The molecule has 96 valence electrons. The van der Waals surface area contributed by atoms with Gasteiger partial charge in [-0.3, -0.25) is 4.90 Å². The summed E-state index contributed by atoms with van der Waals surface area (Å²) in [6, 6.07) is 0. The van der Waals surface area contributed by atoms with Crippen LogP contribution in [0, 0.1) is 4.77 Å². The molecule has 2 heterocycles. The zero-order valence-electron chi connectivity index (χ0n) is 10.6. The molecular formula is C12H21N3OS. The lowest BCUT2D eigenvalue weighted by molar-refractivity contribution is -0.0347. The number of rotatable bonds is 4. The lowest BCUT2D eigenvalue weighted by Crippen LogP contribution is -2.44. The zero-order valence-corrected chi connectivity index (χ0v) is 11.4. The third-order valence-electron chi connectivity index (χ3n) is 3.37. The van der Waals surface area contributed by atoms with Gasteiger partial charge in [-0.05, 0) is 25.2 Å². The number of imidazole rings is 1. The second-order valence-electron chi connectivity index (χ2n) is 4.44. The van der Waals surface area contributed by atoms with Gasteiger partial charge in [0, 0.05) is 25.0 Å². The van der Waals surface area contributed by atoms with Gasteiger partial charge in [0.05, 0.1) is 19.3 Å². The van der Waals surface area contributed by atoms with Gasteiger partial charge in [-0.25, -0.2) is 0 Å². The first-order chi connectivity index (χ1) is 8.24. The number of morpholine rings is 1. The van der Waals surface area contributed by atoms with Gasteiger partial charge in [-0.1, -0.05) is 13.8 Å². The molecule has 1 saturated heterocycles. The maximum absolute atomic E-state index is 5.82. The topological polar surface area (TPSA) is 33.2 Å². The normalized spacial score (nSPS) is 21.9. The Labute approximate surface area is 108 Å². The van der Waals surface area contributed by atoms with E-state index in [1.165, 1.54) is 5.69 Å². The summed E-state index contributed by atoms with van der Waals surface area (Å²) >= 11 is 5.30. The fraction of sp³-hybridized carbons (Fsp3) is 0.750. The number of aromatic amines is 1. The number of aromatic nitrogens is 2. The Hall–Kier alpha value is -0.650. The van der Waals surface area contributed by atoms with Crippen molar-refractivity contribution in [3.63, 3.8) is 0 Å². The molecule has 0 aromatic carbocycles. The van der Waals surface area contributed by atoms with Crippen LogP contribution in [0.1, 0.15) is 19.5 Å². The number of nitrogens with one attached hydrogen (secondary N) is 1. The van der Waals surface area contributed by atoms with Crippen molar-refractivity contribution < 1.29 is 4.74 Å². The number of H-pyrrole nitrogens is 1. The third kappa shape index (κ3) is 2.97. The van der Waals surface area contributed by atoms with Gasteiger partial charge in [0.2, 0.25) is 0 Å². The molecule has 0 amide bonds. The molecule has 0 spiro atoms. The molecule has 1 aliphatic heterocycles. The summed E-state index contributed by atoms with van der Waals surface area (Å²) in [6.07, 6.45) is 3.26. The number of likely N-dealkylation sites (N-methyl/N-ethyl adjacent to an activating group) is 1. The molecule has 0 saturated carbocycles.